The maximum Gasteiger partial charge on any atom is 0.194 e. The second kappa shape index (κ2) is 8.45. The van der Waals surface area contributed by atoms with Gasteiger partial charge in [-0.25, -0.2) is 0 Å². The predicted octanol–water partition coefficient (Wildman–Crippen LogP) is 7.56. The SMILES string of the molecule is Cc1cc(C(C)(C)C)cc(C)c1C(=O)c1ccccc1C(=S)c1c(C)cccc1Cl. The van der Waals surface area contributed by atoms with Crippen molar-refractivity contribution in [1.82, 2.24) is 0 Å². The van der Waals surface area contributed by atoms with Gasteiger partial charge in [0.15, 0.2) is 5.78 Å². The number of carbonyl (C=O) groups is 1. The molecule has 3 aromatic carbocycles. The maximum absolute atomic E-state index is 13.7. The number of hydrogen-bond donors (Lipinski definition) is 0. The van der Waals surface area contributed by atoms with Crippen molar-refractivity contribution in [3.8, 4) is 0 Å². The first kappa shape index (κ1) is 22.4. The zero-order valence-electron chi connectivity index (χ0n) is 18.4. The molecule has 0 bridgehead atoms. The molecular weight excluding hydrogens is 408 g/mol. The van der Waals surface area contributed by atoms with Crippen molar-refractivity contribution in [3.63, 3.8) is 0 Å². The van der Waals surface area contributed by atoms with E-state index in [9.17, 15) is 4.79 Å². The van der Waals surface area contributed by atoms with E-state index in [4.69, 9.17) is 23.8 Å². The third kappa shape index (κ3) is 4.26. The minimum atomic E-state index is -0.00637. The lowest BCUT2D eigenvalue weighted by molar-refractivity contribution is 0.103. The molecule has 0 aromatic heterocycles. The summed E-state index contributed by atoms with van der Waals surface area (Å²) in [4.78, 5) is 14.3. The molecule has 0 heterocycles. The van der Waals surface area contributed by atoms with Gasteiger partial charge in [-0.05, 0) is 54.5 Å². The Labute approximate surface area is 190 Å². The molecule has 3 aromatic rings. The van der Waals surface area contributed by atoms with Crippen molar-refractivity contribution < 1.29 is 4.79 Å². The Balaban J connectivity index is 2.14. The van der Waals surface area contributed by atoms with Crippen molar-refractivity contribution in [1.29, 1.82) is 0 Å². The van der Waals surface area contributed by atoms with Gasteiger partial charge in [0.1, 0.15) is 0 Å². The molecule has 3 rings (SSSR count). The van der Waals surface area contributed by atoms with E-state index in [1.807, 2.05) is 63.2 Å². The highest BCUT2D eigenvalue weighted by atomic mass is 35.5. The van der Waals surface area contributed by atoms with Crippen LogP contribution in [0.25, 0.3) is 0 Å². The normalized spacial score (nSPS) is 11.4. The van der Waals surface area contributed by atoms with Crippen LogP contribution in [0.5, 0.6) is 0 Å². The molecule has 0 aliphatic heterocycles. The van der Waals surface area contributed by atoms with Crippen LogP contribution in [0.1, 0.15) is 70.1 Å². The van der Waals surface area contributed by atoms with Crippen LogP contribution >= 0.6 is 23.8 Å². The molecule has 0 saturated carbocycles. The van der Waals surface area contributed by atoms with Gasteiger partial charge >= 0.3 is 0 Å². The van der Waals surface area contributed by atoms with E-state index in [-0.39, 0.29) is 11.2 Å². The number of ketones is 1. The highest BCUT2D eigenvalue weighted by Crippen LogP contribution is 2.30. The third-order valence-electron chi connectivity index (χ3n) is 5.49. The second-order valence-corrected chi connectivity index (χ2v) is 9.69. The van der Waals surface area contributed by atoms with Gasteiger partial charge in [0.25, 0.3) is 0 Å². The number of thiocarbonyl (C=S) groups is 1. The molecule has 1 nitrogen and oxygen atoms in total. The number of rotatable bonds is 4. The highest BCUT2D eigenvalue weighted by Gasteiger charge is 2.23. The van der Waals surface area contributed by atoms with Crippen molar-refractivity contribution >= 4 is 34.5 Å². The van der Waals surface area contributed by atoms with Crippen molar-refractivity contribution in [2.24, 2.45) is 0 Å². The molecule has 0 aliphatic rings. The lowest BCUT2D eigenvalue weighted by Gasteiger charge is -2.22. The van der Waals surface area contributed by atoms with Crippen LogP contribution < -0.4 is 0 Å². The van der Waals surface area contributed by atoms with Gasteiger partial charge in [-0.2, -0.15) is 0 Å². The van der Waals surface area contributed by atoms with Crippen LogP contribution in [0.2, 0.25) is 5.02 Å². The zero-order chi connectivity index (χ0) is 22.2. The Hall–Kier alpha value is -2.29. The van der Waals surface area contributed by atoms with Gasteiger partial charge in [0, 0.05) is 27.3 Å². The summed E-state index contributed by atoms with van der Waals surface area (Å²) in [6.07, 6.45) is 0. The average molecular weight is 435 g/mol. The van der Waals surface area contributed by atoms with Gasteiger partial charge in [-0.15, -0.1) is 0 Å². The largest absolute Gasteiger partial charge is 0.289 e. The van der Waals surface area contributed by atoms with Gasteiger partial charge in [-0.3, -0.25) is 4.79 Å². The molecule has 30 heavy (non-hydrogen) atoms. The number of hydrogen-bond acceptors (Lipinski definition) is 2. The first-order valence-corrected chi connectivity index (χ1v) is 10.9. The van der Waals surface area contributed by atoms with Crippen molar-refractivity contribution in [2.75, 3.05) is 0 Å². The quantitative estimate of drug-likeness (QED) is 0.311. The summed E-state index contributed by atoms with van der Waals surface area (Å²) in [6.45, 7) is 12.5. The van der Waals surface area contributed by atoms with Crippen LogP contribution in [-0.2, 0) is 5.41 Å². The minimum Gasteiger partial charge on any atom is -0.289 e. The fourth-order valence-corrected chi connectivity index (χ4v) is 4.64. The molecule has 0 amide bonds. The summed E-state index contributed by atoms with van der Waals surface area (Å²) in [7, 11) is 0. The maximum atomic E-state index is 13.7. The number of carbonyl (C=O) groups excluding carboxylic acids is 1. The molecule has 0 N–H and O–H groups in total. The summed E-state index contributed by atoms with van der Waals surface area (Å²) < 4.78 is 0. The summed E-state index contributed by atoms with van der Waals surface area (Å²) in [5.74, 6) is -0.00637. The van der Waals surface area contributed by atoms with E-state index < -0.39 is 0 Å². The topological polar surface area (TPSA) is 17.1 Å². The fraction of sp³-hybridized carbons (Fsp3) is 0.259. The van der Waals surface area contributed by atoms with Crippen LogP contribution in [0.15, 0.2) is 54.6 Å². The van der Waals surface area contributed by atoms with E-state index in [0.717, 1.165) is 33.4 Å². The molecule has 0 fully saturated rings. The molecular formula is C27H27ClOS. The Kier molecular flexibility index (Phi) is 6.31. The fourth-order valence-electron chi connectivity index (χ4n) is 3.82. The zero-order valence-corrected chi connectivity index (χ0v) is 20.0. The summed E-state index contributed by atoms with van der Waals surface area (Å²) in [6, 6.07) is 17.5. The molecule has 154 valence electrons. The van der Waals surface area contributed by atoms with E-state index >= 15 is 0 Å². The molecule has 0 saturated heterocycles. The summed E-state index contributed by atoms with van der Waals surface area (Å²) in [5, 5.41) is 0.601. The van der Waals surface area contributed by atoms with Gasteiger partial charge in [-0.1, -0.05) is 93.1 Å². The van der Waals surface area contributed by atoms with Crippen molar-refractivity contribution in [3.05, 3.63) is 104 Å². The monoisotopic (exact) mass is 434 g/mol. The Bertz CT molecular complexity index is 1110. The molecule has 0 radical (unpaired) electrons. The number of halogens is 1. The molecule has 0 unspecified atom stereocenters. The average Bonchev–Trinajstić information content (AvgIpc) is 2.66. The first-order valence-electron chi connectivity index (χ1n) is 10.1. The summed E-state index contributed by atoms with van der Waals surface area (Å²) in [5.41, 5.74) is 7.13. The Morgan fingerprint density at radius 1 is 0.800 bits per heavy atom. The van der Waals surface area contributed by atoms with Gasteiger partial charge in [0.05, 0.1) is 4.86 Å². The van der Waals surface area contributed by atoms with E-state index in [1.165, 1.54) is 5.56 Å². The predicted molar refractivity (Wildman–Crippen MR) is 131 cm³/mol. The van der Waals surface area contributed by atoms with E-state index in [1.54, 1.807) is 0 Å². The Morgan fingerprint density at radius 3 is 1.90 bits per heavy atom. The number of benzene rings is 3. The van der Waals surface area contributed by atoms with E-state index in [2.05, 4.69) is 32.9 Å². The van der Waals surface area contributed by atoms with Gasteiger partial charge < -0.3 is 0 Å². The highest BCUT2D eigenvalue weighted by molar-refractivity contribution is 7.81. The third-order valence-corrected chi connectivity index (χ3v) is 6.23. The van der Waals surface area contributed by atoms with Crippen LogP contribution in [0.4, 0.5) is 0 Å². The molecule has 0 aliphatic carbocycles. The van der Waals surface area contributed by atoms with Crippen LogP contribution in [-0.4, -0.2) is 10.6 Å². The standard InChI is InChI=1S/C27H27ClOS/c1-16-10-9-13-22(28)24(16)26(30)21-12-8-7-11-20(21)25(29)23-17(2)14-19(15-18(23)3)27(4,5)6/h7-15H,1-6H3. The van der Waals surface area contributed by atoms with Gasteiger partial charge in [0.2, 0.25) is 0 Å². The van der Waals surface area contributed by atoms with Crippen molar-refractivity contribution in [2.45, 2.75) is 47.0 Å². The lowest BCUT2D eigenvalue weighted by Crippen LogP contribution is -2.16. The molecule has 0 spiro atoms. The molecule has 3 heteroatoms. The Morgan fingerprint density at radius 2 is 1.37 bits per heavy atom. The minimum absolute atomic E-state index is 0.00637. The second-order valence-electron chi connectivity index (χ2n) is 8.87. The smallest absolute Gasteiger partial charge is 0.194 e. The van der Waals surface area contributed by atoms with Crippen LogP contribution in [0.3, 0.4) is 0 Å². The number of aryl methyl sites for hydroxylation is 3. The lowest BCUT2D eigenvalue weighted by atomic mass is 9.82. The molecule has 0 atom stereocenters. The first-order chi connectivity index (χ1) is 14.0. The van der Waals surface area contributed by atoms with E-state index in [0.29, 0.717) is 15.5 Å². The summed E-state index contributed by atoms with van der Waals surface area (Å²) >= 11 is 12.3. The van der Waals surface area contributed by atoms with Crippen LogP contribution in [0, 0.1) is 20.8 Å².